The summed E-state index contributed by atoms with van der Waals surface area (Å²) in [6.07, 6.45) is 0.392. The number of rotatable bonds is 11. The molecular formula is C29H34ClN5O5. The number of anilines is 1. The van der Waals surface area contributed by atoms with E-state index in [0.29, 0.717) is 40.0 Å². The lowest BCUT2D eigenvalue weighted by atomic mass is 9.85. The van der Waals surface area contributed by atoms with Gasteiger partial charge in [-0.2, -0.15) is 0 Å². The van der Waals surface area contributed by atoms with E-state index in [0.717, 1.165) is 0 Å². The van der Waals surface area contributed by atoms with Crippen molar-refractivity contribution in [3.05, 3.63) is 75.5 Å². The van der Waals surface area contributed by atoms with Crippen molar-refractivity contribution in [2.45, 2.75) is 53.2 Å². The first-order chi connectivity index (χ1) is 19.0. The first kappa shape index (κ1) is 29.1. The largest absolute Gasteiger partial charge is 0.490 e. The highest BCUT2D eigenvalue weighted by Crippen LogP contribution is 2.34. The number of benzene rings is 2. The second-order valence-corrected chi connectivity index (χ2v) is 11.0. The minimum absolute atomic E-state index is 0.0504. The van der Waals surface area contributed by atoms with E-state index in [9.17, 15) is 9.59 Å². The molecule has 2 aromatic heterocycles. The average molecular weight is 568 g/mol. The average Bonchev–Trinajstić information content (AvgIpc) is 3.42. The summed E-state index contributed by atoms with van der Waals surface area (Å²) in [7, 11) is 3.30. The Labute approximate surface area is 237 Å². The molecule has 40 heavy (non-hydrogen) atoms. The molecule has 0 fully saturated rings. The van der Waals surface area contributed by atoms with E-state index in [2.05, 4.69) is 15.5 Å². The third-order valence-corrected chi connectivity index (χ3v) is 6.44. The lowest BCUT2D eigenvalue weighted by molar-refractivity contribution is -0.118. The molecule has 1 N–H and O–H groups in total. The van der Waals surface area contributed by atoms with Gasteiger partial charge in [0, 0.05) is 32.0 Å². The molecule has 0 atom stereocenters. The number of carbonyl (C=O) groups excluding carboxylic acids is 1. The van der Waals surface area contributed by atoms with Crippen molar-refractivity contribution in [2.75, 3.05) is 12.4 Å². The third-order valence-electron chi connectivity index (χ3n) is 6.20. The van der Waals surface area contributed by atoms with Crippen LogP contribution in [-0.4, -0.2) is 38.7 Å². The molecule has 2 heterocycles. The highest BCUT2D eigenvalue weighted by molar-refractivity contribution is 6.30. The summed E-state index contributed by atoms with van der Waals surface area (Å²) in [6.45, 7) is 7.85. The Kier molecular flexibility index (Phi) is 8.80. The molecule has 0 spiro atoms. The van der Waals surface area contributed by atoms with E-state index in [1.54, 1.807) is 37.0 Å². The molecule has 4 aromatic rings. The zero-order chi connectivity index (χ0) is 29.0. The van der Waals surface area contributed by atoms with Crippen LogP contribution in [0.4, 0.5) is 5.69 Å². The number of carbonyl (C=O) groups is 1. The van der Waals surface area contributed by atoms with Gasteiger partial charge in [0.05, 0.1) is 29.7 Å². The predicted molar refractivity (Wildman–Crippen MR) is 153 cm³/mol. The third kappa shape index (κ3) is 6.63. The van der Waals surface area contributed by atoms with Crippen molar-refractivity contribution >= 4 is 23.2 Å². The van der Waals surface area contributed by atoms with E-state index >= 15 is 0 Å². The van der Waals surface area contributed by atoms with Crippen molar-refractivity contribution < 1.29 is 18.7 Å². The maximum absolute atomic E-state index is 13.4. The highest BCUT2D eigenvalue weighted by Gasteiger charge is 2.28. The molecule has 0 aliphatic heterocycles. The SMILES string of the molecule is COCc1c(NC(=O)CC(C)(C)Cc2nnc(-c3cc(Cl)ccc3OC(C)C)o2)c(=O)n(-c2ccccc2)n1C. The van der Waals surface area contributed by atoms with Crippen LogP contribution in [0, 0.1) is 5.41 Å². The van der Waals surface area contributed by atoms with Crippen molar-refractivity contribution in [3.8, 4) is 22.9 Å². The molecule has 0 saturated carbocycles. The minimum atomic E-state index is -0.561. The number of methoxy groups -OCH3 is 1. The number of aromatic nitrogens is 4. The standard InChI is InChI=1S/C29H34ClN5O5/c1-18(2)39-23-13-12-19(30)14-21(23)27-33-32-25(40-27)16-29(3,4)15-24(36)31-26-22(17-38-6)34(5)35(28(26)37)20-10-8-7-9-11-20/h7-14,18H,15-17H2,1-6H3,(H,31,36). The number of halogens is 1. The van der Waals surface area contributed by atoms with Crippen molar-refractivity contribution in [1.29, 1.82) is 0 Å². The van der Waals surface area contributed by atoms with Crippen LogP contribution >= 0.6 is 11.6 Å². The van der Waals surface area contributed by atoms with Crippen LogP contribution in [0.15, 0.2) is 57.7 Å². The maximum atomic E-state index is 13.4. The fourth-order valence-electron chi connectivity index (χ4n) is 4.49. The Morgan fingerprint density at radius 2 is 1.88 bits per heavy atom. The number of ether oxygens (including phenoxy) is 2. The number of amides is 1. The number of nitrogens with one attached hydrogen (secondary N) is 1. The quantitative estimate of drug-likeness (QED) is 0.258. The molecule has 0 unspecified atom stereocenters. The van der Waals surface area contributed by atoms with Gasteiger partial charge in [-0.15, -0.1) is 10.2 Å². The summed E-state index contributed by atoms with van der Waals surface area (Å²) in [5.41, 5.74) is 1.13. The van der Waals surface area contributed by atoms with Crippen LogP contribution in [0.1, 0.15) is 45.7 Å². The summed E-state index contributed by atoms with van der Waals surface area (Å²) in [4.78, 5) is 26.5. The summed E-state index contributed by atoms with van der Waals surface area (Å²) in [6, 6.07) is 14.4. The molecule has 0 bridgehead atoms. The molecular weight excluding hydrogens is 534 g/mol. The first-order valence-electron chi connectivity index (χ1n) is 12.9. The van der Waals surface area contributed by atoms with Gasteiger partial charge in [-0.3, -0.25) is 14.3 Å². The molecule has 0 saturated heterocycles. The van der Waals surface area contributed by atoms with E-state index in [-0.39, 0.29) is 42.2 Å². The number of para-hydroxylation sites is 1. The smallest absolute Gasteiger partial charge is 0.295 e. The minimum Gasteiger partial charge on any atom is -0.490 e. The van der Waals surface area contributed by atoms with Crippen LogP contribution in [0.5, 0.6) is 5.75 Å². The van der Waals surface area contributed by atoms with E-state index in [1.807, 2.05) is 58.0 Å². The van der Waals surface area contributed by atoms with Crippen LogP contribution in [0.3, 0.4) is 0 Å². The Morgan fingerprint density at radius 1 is 1.15 bits per heavy atom. The van der Waals surface area contributed by atoms with Gasteiger partial charge in [-0.1, -0.05) is 43.6 Å². The van der Waals surface area contributed by atoms with Gasteiger partial charge < -0.3 is 19.2 Å². The van der Waals surface area contributed by atoms with Gasteiger partial charge in [0.2, 0.25) is 11.8 Å². The summed E-state index contributed by atoms with van der Waals surface area (Å²) < 4.78 is 20.3. The molecule has 0 aliphatic rings. The summed E-state index contributed by atoms with van der Waals surface area (Å²) in [5, 5.41) is 11.7. The Morgan fingerprint density at radius 3 is 2.55 bits per heavy atom. The molecule has 11 heteroatoms. The van der Waals surface area contributed by atoms with Gasteiger partial charge in [0.1, 0.15) is 11.4 Å². The van der Waals surface area contributed by atoms with Crippen molar-refractivity contribution in [1.82, 2.24) is 19.6 Å². The van der Waals surface area contributed by atoms with E-state index in [1.165, 1.54) is 4.68 Å². The van der Waals surface area contributed by atoms with Gasteiger partial charge in [-0.25, -0.2) is 4.68 Å². The lowest BCUT2D eigenvalue weighted by Gasteiger charge is -2.21. The molecule has 0 radical (unpaired) electrons. The number of hydrogen-bond acceptors (Lipinski definition) is 7. The van der Waals surface area contributed by atoms with Gasteiger partial charge in [0.15, 0.2) is 0 Å². The maximum Gasteiger partial charge on any atom is 0.295 e. The fourth-order valence-corrected chi connectivity index (χ4v) is 4.66. The Hall–Kier alpha value is -3.89. The molecule has 212 valence electrons. The van der Waals surface area contributed by atoms with Crippen molar-refractivity contribution in [3.63, 3.8) is 0 Å². The van der Waals surface area contributed by atoms with Crippen LogP contribution in [0.25, 0.3) is 17.1 Å². The van der Waals surface area contributed by atoms with Crippen LogP contribution < -0.4 is 15.6 Å². The summed E-state index contributed by atoms with van der Waals surface area (Å²) >= 11 is 6.21. The predicted octanol–water partition coefficient (Wildman–Crippen LogP) is 5.41. The van der Waals surface area contributed by atoms with Gasteiger partial charge in [0.25, 0.3) is 11.4 Å². The molecule has 4 rings (SSSR count). The molecule has 10 nitrogen and oxygen atoms in total. The summed E-state index contributed by atoms with van der Waals surface area (Å²) in [5.74, 6) is 0.925. The first-order valence-corrected chi connectivity index (χ1v) is 13.3. The molecule has 2 aromatic carbocycles. The topological polar surface area (TPSA) is 113 Å². The Bertz CT molecular complexity index is 1540. The number of nitrogens with zero attached hydrogens (tertiary/aromatic N) is 4. The zero-order valence-electron chi connectivity index (χ0n) is 23.5. The second kappa shape index (κ2) is 12.1. The fraction of sp³-hybridized carbons (Fsp3) is 0.379. The molecule has 1 amide bonds. The monoisotopic (exact) mass is 567 g/mol. The normalized spacial score (nSPS) is 11.7. The zero-order valence-corrected chi connectivity index (χ0v) is 24.3. The second-order valence-electron chi connectivity index (χ2n) is 10.6. The van der Waals surface area contributed by atoms with Gasteiger partial charge in [-0.05, 0) is 49.6 Å². The van der Waals surface area contributed by atoms with Gasteiger partial charge >= 0.3 is 0 Å². The van der Waals surface area contributed by atoms with E-state index in [4.69, 9.17) is 25.5 Å². The Balaban J connectivity index is 1.51. The van der Waals surface area contributed by atoms with E-state index < -0.39 is 5.41 Å². The van der Waals surface area contributed by atoms with Crippen molar-refractivity contribution in [2.24, 2.45) is 12.5 Å². The number of hydrogen-bond donors (Lipinski definition) is 1. The molecule has 0 aliphatic carbocycles. The van der Waals surface area contributed by atoms with Crippen LogP contribution in [-0.2, 0) is 29.6 Å². The lowest BCUT2D eigenvalue weighted by Crippen LogP contribution is -2.27. The van der Waals surface area contributed by atoms with Crippen LogP contribution in [0.2, 0.25) is 5.02 Å². The highest BCUT2D eigenvalue weighted by atomic mass is 35.5.